The molecule has 4 aromatic rings. The van der Waals surface area contributed by atoms with Crippen molar-refractivity contribution in [2.45, 2.75) is 26.3 Å². The van der Waals surface area contributed by atoms with E-state index in [1.54, 1.807) is 9.58 Å². The number of aromatic nitrogens is 4. The topological polar surface area (TPSA) is 73.0 Å². The van der Waals surface area contributed by atoms with Crippen LogP contribution in [-0.2, 0) is 17.8 Å². The van der Waals surface area contributed by atoms with Crippen LogP contribution >= 0.6 is 0 Å². The van der Waals surface area contributed by atoms with Gasteiger partial charge in [0, 0.05) is 12.2 Å². The maximum atomic E-state index is 13.0. The van der Waals surface area contributed by atoms with Gasteiger partial charge in [-0.05, 0) is 43.5 Å². The van der Waals surface area contributed by atoms with E-state index in [1.165, 1.54) is 17.1 Å². The highest BCUT2D eigenvalue weighted by Gasteiger charge is 2.23. The molecule has 0 bridgehead atoms. The molecule has 0 N–H and O–H groups in total. The standard InChI is InChI=1S/C23H21N5O2/c1-16-8-10-18(11-9-16)28-22-19(13-25-28)23(30)26(15-24-22)14-21(29)27-12-4-6-17-5-2-3-7-20(17)27/h2-3,5,7-11,13,15H,4,6,12,14H2,1H3. The molecule has 1 amide bonds. The molecule has 0 atom stereocenters. The summed E-state index contributed by atoms with van der Waals surface area (Å²) in [5, 5.41) is 4.73. The third-order valence-corrected chi connectivity index (χ3v) is 5.55. The largest absolute Gasteiger partial charge is 0.311 e. The Morgan fingerprint density at radius 3 is 2.73 bits per heavy atom. The molecule has 30 heavy (non-hydrogen) atoms. The normalized spacial score (nSPS) is 13.4. The summed E-state index contributed by atoms with van der Waals surface area (Å²) in [6.07, 6.45) is 4.83. The van der Waals surface area contributed by atoms with E-state index < -0.39 is 0 Å². The maximum Gasteiger partial charge on any atom is 0.264 e. The van der Waals surface area contributed by atoms with E-state index in [1.807, 2.05) is 55.5 Å². The first-order valence-corrected chi connectivity index (χ1v) is 10.0. The second-order valence-corrected chi connectivity index (χ2v) is 7.58. The molecule has 1 aliphatic heterocycles. The van der Waals surface area contributed by atoms with Crippen molar-refractivity contribution in [3.8, 4) is 5.69 Å². The van der Waals surface area contributed by atoms with Crippen LogP contribution in [0.25, 0.3) is 16.7 Å². The monoisotopic (exact) mass is 399 g/mol. The van der Waals surface area contributed by atoms with Gasteiger partial charge in [0.15, 0.2) is 5.65 Å². The molecule has 1 aliphatic rings. The average molecular weight is 399 g/mol. The Hall–Kier alpha value is -3.74. The summed E-state index contributed by atoms with van der Waals surface area (Å²) >= 11 is 0. The van der Waals surface area contributed by atoms with E-state index in [9.17, 15) is 9.59 Å². The average Bonchev–Trinajstić information content (AvgIpc) is 3.20. The number of fused-ring (bicyclic) bond motifs is 2. The summed E-state index contributed by atoms with van der Waals surface area (Å²) in [6.45, 7) is 2.62. The van der Waals surface area contributed by atoms with Crippen molar-refractivity contribution in [2.24, 2.45) is 0 Å². The molecule has 7 nitrogen and oxygen atoms in total. The fraction of sp³-hybridized carbons (Fsp3) is 0.217. The zero-order valence-corrected chi connectivity index (χ0v) is 16.7. The zero-order chi connectivity index (χ0) is 20.7. The lowest BCUT2D eigenvalue weighted by Gasteiger charge is -2.29. The van der Waals surface area contributed by atoms with Crippen molar-refractivity contribution >= 4 is 22.6 Å². The third-order valence-electron chi connectivity index (χ3n) is 5.55. The van der Waals surface area contributed by atoms with E-state index in [0.29, 0.717) is 17.6 Å². The van der Waals surface area contributed by atoms with Crippen LogP contribution in [0.1, 0.15) is 17.5 Å². The Morgan fingerprint density at radius 1 is 1.10 bits per heavy atom. The molecule has 2 aromatic heterocycles. The maximum absolute atomic E-state index is 13.0. The molecule has 0 aliphatic carbocycles. The van der Waals surface area contributed by atoms with Gasteiger partial charge in [-0.2, -0.15) is 5.10 Å². The summed E-state index contributed by atoms with van der Waals surface area (Å²) in [6, 6.07) is 15.8. The van der Waals surface area contributed by atoms with Crippen LogP contribution in [0.2, 0.25) is 0 Å². The molecule has 0 saturated heterocycles. The van der Waals surface area contributed by atoms with Crippen LogP contribution in [0.15, 0.2) is 65.8 Å². The Morgan fingerprint density at radius 2 is 1.90 bits per heavy atom. The number of rotatable bonds is 3. The zero-order valence-electron chi connectivity index (χ0n) is 16.7. The summed E-state index contributed by atoms with van der Waals surface area (Å²) in [5.74, 6) is -0.115. The van der Waals surface area contributed by atoms with E-state index in [-0.39, 0.29) is 18.0 Å². The number of nitrogens with zero attached hydrogens (tertiary/aromatic N) is 5. The van der Waals surface area contributed by atoms with Gasteiger partial charge >= 0.3 is 0 Å². The van der Waals surface area contributed by atoms with Crippen molar-refractivity contribution in [1.29, 1.82) is 0 Å². The molecule has 2 aromatic carbocycles. The molecule has 3 heterocycles. The minimum absolute atomic E-state index is 0.0498. The molecular weight excluding hydrogens is 378 g/mol. The van der Waals surface area contributed by atoms with Crippen molar-refractivity contribution in [1.82, 2.24) is 19.3 Å². The van der Waals surface area contributed by atoms with Crippen LogP contribution in [-0.4, -0.2) is 31.8 Å². The SMILES string of the molecule is Cc1ccc(-n2ncc3c(=O)n(CC(=O)N4CCCc5ccccc54)cnc32)cc1. The molecular formula is C23H21N5O2. The molecule has 0 spiro atoms. The Labute approximate surface area is 173 Å². The van der Waals surface area contributed by atoms with Gasteiger partial charge in [0.2, 0.25) is 5.91 Å². The first-order valence-electron chi connectivity index (χ1n) is 10.0. The van der Waals surface area contributed by atoms with Crippen molar-refractivity contribution in [3.05, 3.63) is 82.5 Å². The van der Waals surface area contributed by atoms with Gasteiger partial charge in [-0.15, -0.1) is 0 Å². The number of carbonyl (C=O) groups is 1. The molecule has 0 saturated carbocycles. The summed E-state index contributed by atoms with van der Waals surface area (Å²) < 4.78 is 3.01. The molecule has 0 radical (unpaired) electrons. The van der Waals surface area contributed by atoms with Crippen molar-refractivity contribution in [3.63, 3.8) is 0 Å². The minimum atomic E-state index is -0.267. The molecule has 5 rings (SSSR count). The van der Waals surface area contributed by atoms with Gasteiger partial charge in [0.05, 0.1) is 11.9 Å². The van der Waals surface area contributed by atoms with Crippen LogP contribution in [0.5, 0.6) is 0 Å². The first kappa shape index (κ1) is 18.3. The lowest BCUT2D eigenvalue weighted by atomic mass is 10.0. The highest BCUT2D eigenvalue weighted by atomic mass is 16.2. The number of hydrogen-bond acceptors (Lipinski definition) is 4. The van der Waals surface area contributed by atoms with Crippen LogP contribution < -0.4 is 10.5 Å². The van der Waals surface area contributed by atoms with Gasteiger partial charge in [0.1, 0.15) is 18.3 Å². The lowest BCUT2D eigenvalue weighted by molar-refractivity contribution is -0.119. The fourth-order valence-electron chi connectivity index (χ4n) is 3.96. The van der Waals surface area contributed by atoms with Crippen LogP contribution in [0.3, 0.4) is 0 Å². The third kappa shape index (κ3) is 3.08. The Kier molecular flexibility index (Phi) is 4.43. The van der Waals surface area contributed by atoms with Crippen LogP contribution in [0.4, 0.5) is 5.69 Å². The lowest BCUT2D eigenvalue weighted by Crippen LogP contribution is -2.39. The van der Waals surface area contributed by atoms with Crippen molar-refractivity contribution in [2.75, 3.05) is 11.4 Å². The highest BCUT2D eigenvalue weighted by molar-refractivity contribution is 5.94. The van der Waals surface area contributed by atoms with E-state index in [4.69, 9.17) is 0 Å². The van der Waals surface area contributed by atoms with Gasteiger partial charge in [0.25, 0.3) is 5.56 Å². The number of amides is 1. The van der Waals surface area contributed by atoms with Crippen LogP contribution in [0, 0.1) is 6.92 Å². The number of anilines is 1. The highest BCUT2D eigenvalue weighted by Crippen LogP contribution is 2.26. The Bertz CT molecular complexity index is 1300. The predicted molar refractivity (Wildman–Crippen MR) is 115 cm³/mol. The van der Waals surface area contributed by atoms with E-state index in [2.05, 4.69) is 10.1 Å². The quantitative estimate of drug-likeness (QED) is 0.531. The number of para-hydroxylation sites is 1. The minimum Gasteiger partial charge on any atom is -0.311 e. The van der Waals surface area contributed by atoms with Crippen molar-refractivity contribution < 1.29 is 4.79 Å². The van der Waals surface area contributed by atoms with Gasteiger partial charge < -0.3 is 4.90 Å². The molecule has 7 heteroatoms. The summed E-state index contributed by atoms with van der Waals surface area (Å²) in [4.78, 5) is 32.2. The van der Waals surface area contributed by atoms with Gasteiger partial charge in [-0.25, -0.2) is 9.67 Å². The number of aryl methyl sites for hydroxylation is 2. The summed E-state index contributed by atoms with van der Waals surface area (Å²) in [7, 11) is 0. The van der Waals surface area contributed by atoms with E-state index >= 15 is 0 Å². The number of benzene rings is 2. The summed E-state index contributed by atoms with van der Waals surface area (Å²) in [5.41, 5.74) is 4.29. The van der Waals surface area contributed by atoms with Gasteiger partial charge in [-0.1, -0.05) is 35.9 Å². The van der Waals surface area contributed by atoms with Gasteiger partial charge in [-0.3, -0.25) is 14.2 Å². The smallest absolute Gasteiger partial charge is 0.264 e. The second kappa shape index (κ2) is 7.26. The number of carbonyl (C=O) groups excluding carboxylic acids is 1. The predicted octanol–water partition coefficient (Wildman–Crippen LogP) is 2.87. The first-order chi connectivity index (χ1) is 14.6. The Balaban J connectivity index is 1.46. The van der Waals surface area contributed by atoms with E-state index in [0.717, 1.165) is 35.3 Å². The number of hydrogen-bond donors (Lipinski definition) is 0. The molecule has 0 unspecified atom stereocenters. The molecule has 0 fully saturated rings. The fourth-order valence-corrected chi connectivity index (χ4v) is 3.96. The molecule has 150 valence electrons. The second-order valence-electron chi connectivity index (χ2n) is 7.58.